The van der Waals surface area contributed by atoms with Crippen molar-refractivity contribution in [2.45, 2.75) is 32.3 Å². The quantitative estimate of drug-likeness (QED) is 0.134. The molecule has 0 fully saturated rings. The zero-order valence-corrected chi connectivity index (χ0v) is 23.7. The van der Waals surface area contributed by atoms with Gasteiger partial charge in [-0.2, -0.15) is 0 Å². The van der Waals surface area contributed by atoms with Gasteiger partial charge in [0.1, 0.15) is 4.70 Å². The Balaban J connectivity index is 1.60. The first kappa shape index (κ1) is 26.1. The number of benzene rings is 3. The van der Waals surface area contributed by atoms with Crippen molar-refractivity contribution >= 4 is 57.3 Å². The number of para-hydroxylation sites is 1. The van der Waals surface area contributed by atoms with E-state index in [1.54, 1.807) is 4.57 Å². The third-order valence-electron chi connectivity index (χ3n) is 6.20. The van der Waals surface area contributed by atoms with Crippen LogP contribution < -0.4 is 10.9 Å². The summed E-state index contributed by atoms with van der Waals surface area (Å²) in [7, 11) is 0. The molecule has 0 bridgehead atoms. The van der Waals surface area contributed by atoms with Gasteiger partial charge in [-0.1, -0.05) is 78.1 Å². The summed E-state index contributed by atoms with van der Waals surface area (Å²) in [6.07, 6.45) is 0.931. The smallest absolute Gasteiger partial charge is 0.278 e. The van der Waals surface area contributed by atoms with Gasteiger partial charge >= 0.3 is 0 Å². The van der Waals surface area contributed by atoms with Gasteiger partial charge < -0.3 is 5.32 Å². The van der Waals surface area contributed by atoms with Crippen molar-refractivity contribution in [3.63, 3.8) is 0 Å². The van der Waals surface area contributed by atoms with Gasteiger partial charge in [0.15, 0.2) is 14.8 Å². The zero-order chi connectivity index (χ0) is 26.8. The predicted molar refractivity (Wildman–Crippen MR) is 160 cm³/mol. The van der Waals surface area contributed by atoms with Crippen LogP contribution in [0.4, 0.5) is 5.69 Å². The molecule has 0 atom stereocenters. The van der Waals surface area contributed by atoms with Crippen molar-refractivity contribution in [3.05, 3.63) is 104 Å². The molecule has 1 N–H and O–H groups in total. The number of aromatic nitrogens is 3. The number of amides is 1. The van der Waals surface area contributed by atoms with Crippen LogP contribution in [-0.4, -0.2) is 25.8 Å². The molecule has 38 heavy (non-hydrogen) atoms. The number of nitrogens with zero attached hydrogens (tertiary/aromatic N) is 3. The lowest BCUT2D eigenvalue weighted by Gasteiger charge is -2.15. The van der Waals surface area contributed by atoms with Crippen molar-refractivity contribution in [3.8, 4) is 11.4 Å². The highest BCUT2D eigenvalue weighted by molar-refractivity contribution is 7.99. The molecule has 0 aliphatic rings. The maximum absolute atomic E-state index is 13.9. The standard InChI is InChI=1S/C29H26N4O2S3/c1-4-20-11-15-22(16-12-20)32-26-25(38-29(32)36)27(35)33(23-8-6-5-7-19(23)3)28(31-26)37-17-24(34)30-21-13-9-18(2)10-14-21/h5-16H,4,17H2,1-3H3,(H,30,34). The number of thiazole rings is 1. The molecule has 5 rings (SSSR count). The second-order valence-corrected chi connectivity index (χ2v) is 11.5. The van der Waals surface area contributed by atoms with Crippen LogP contribution in [-0.2, 0) is 11.2 Å². The lowest BCUT2D eigenvalue weighted by atomic mass is 10.1. The van der Waals surface area contributed by atoms with Crippen LogP contribution in [0.15, 0.2) is 82.7 Å². The van der Waals surface area contributed by atoms with Crippen molar-refractivity contribution in [2.75, 3.05) is 11.1 Å². The van der Waals surface area contributed by atoms with Gasteiger partial charge in [0.05, 0.1) is 11.4 Å². The Morgan fingerprint density at radius 1 is 1.00 bits per heavy atom. The SMILES string of the molecule is CCc1ccc(-n2c(=S)sc3c(=O)n(-c4ccccc4C)c(SCC(=O)Nc4ccc(C)cc4)nc32)cc1. The minimum Gasteiger partial charge on any atom is -0.325 e. The first-order chi connectivity index (χ1) is 18.4. The Morgan fingerprint density at radius 2 is 1.71 bits per heavy atom. The number of aryl methyl sites for hydroxylation is 3. The molecule has 3 aromatic carbocycles. The minimum atomic E-state index is -0.203. The van der Waals surface area contributed by atoms with E-state index in [2.05, 4.69) is 24.4 Å². The highest BCUT2D eigenvalue weighted by Crippen LogP contribution is 2.28. The van der Waals surface area contributed by atoms with Gasteiger partial charge in [0.25, 0.3) is 5.56 Å². The van der Waals surface area contributed by atoms with Gasteiger partial charge in [-0.3, -0.25) is 18.7 Å². The average molecular weight is 559 g/mol. The van der Waals surface area contributed by atoms with E-state index >= 15 is 0 Å². The monoisotopic (exact) mass is 558 g/mol. The van der Waals surface area contributed by atoms with Crippen molar-refractivity contribution in [1.29, 1.82) is 0 Å². The number of anilines is 1. The third kappa shape index (κ3) is 5.22. The summed E-state index contributed by atoms with van der Waals surface area (Å²) in [6.45, 7) is 6.05. The molecule has 5 aromatic rings. The fourth-order valence-corrected chi connectivity index (χ4v) is 6.23. The largest absolute Gasteiger partial charge is 0.325 e. The first-order valence-electron chi connectivity index (χ1n) is 12.2. The molecule has 6 nitrogen and oxygen atoms in total. The van der Waals surface area contributed by atoms with Gasteiger partial charge in [-0.15, -0.1) is 0 Å². The molecule has 0 spiro atoms. The Kier molecular flexibility index (Phi) is 7.60. The van der Waals surface area contributed by atoms with Crippen LogP contribution >= 0.6 is 35.3 Å². The summed E-state index contributed by atoms with van der Waals surface area (Å²) >= 11 is 8.18. The Labute approximate surface area is 234 Å². The fourth-order valence-electron chi connectivity index (χ4n) is 4.13. The number of carbonyl (C=O) groups excluding carboxylic acids is 1. The average Bonchev–Trinajstić information content (AvgIpc) is 3.25. The first-order valence-corrected chi connectivity index (χ1v) is 14.4. The molecule has 2 aromatic heterocycles. The second-order valence-electron chi connectivity index (χ2n) is 8.90. The van der Waals surface area contributed by atoms with E-state index in [9.17, 15) is 9.59 Å². The minimum absolute atomic E-state index is 0.0910. The van der Waals surface area contributed by atoms with Gasteiger partial charge in [0, 0.05) is 11.4 Å². The summed E-state index contributed by atoms with van der Waals surface area (Å²) in [5.74, 6) is -0.0878. The highest BCUT2D eigenvalue weighted by Gasteiger charge is 2.20. The zero-order valence-electron chi connectivity index (χ0n) is 21.2. The number of carbonyl (C=O) groups is 1. The van der Waals surface area contributed by atoms with Gasteiger partial charge in [-0.05, 0) is 73.9 Å². The molecular weight excluding hydrogens is 533 g/mol. The third-order valence-corrected chi connectivity index (χ3v) is 8.49. The second kappa shape index (κ2) is 11.1. The van der Waals surface area contributed by atoms with Crippen LogP contribution in [0.25, 0.3) is 21.7 Å². The normalized spacial score (nSPS) is 11.1. The van der Waals surface area contributed by atoms with Crippen molar-refractivity contribution < 1.29 is 4.79 Å². The topological polar surface area (TPSA) is 68.9 Å². The van der Waals surface area contributed by atoms with Crippen LogP contribution in [0.2, 0.25) is 0 Å². The molecular formula is C29H26N4O2S3. The number of hydrogen-bond donors (Lipinski definition) is 1. The van der Waals surface area contributed by atoms with E-state index in [1.165, 1.54) is 28.7 Å². The summed E-state index contributed by atoms with van der Waals surface area (Å²) in [5.41, 5.74) is 5.87. The molecule has 0 unspecified atom stereocenters. The molecule has 0 saturated heterocycles. The molecule has 0 saturated carbocycles. The Morgan fingerprint density at radius 3 is 2.39 bits per heavy atom. The molecule has 0 radical (unpaired) electrons. The summed E-state index contributed by atoms with van der Waals surface area (Å²) in [5, 5.41) is 3.35. The van der Waals surface area contributed by atoms with Crippen molar-refractivity contribution in [1.82, 2.24) is 14.1 Å². The summed E-state index contributed by atoms with van der Waals surface area (Å²) < 4.78 is 4.46. The number of rotatable bonds is 7. The van der Waals surface area contributed by atoms with Crippen molar-refractivity contribution in [2.24, 2.45) is 0 Å². The maximum atomic E-state index is 13.9. The molecule has 192 valence electrons. The number of nitrogens with one attached hydrogen (secondary N) is 1. The van der Waals surface area contributed by atoms with E-state index in [4.69, 9.17) is 17.2 Å². The lowest BCUT2D eigenvalue weighted by molar-refractivity contribution is -0.113. The summed E-state index contributed by atoms with van der Waals surface area (Å²) in [6, 6.07) is 23.4. The van der Waals surface area contributed by atoms with E-state index in [0.717, 1.165) is 34.6 Å². The van der Waals surface area contributed by atoms with E-state index in [1.807, 2.05) is 79.1 Å². The molecule has 1 amide bonds. The molecule has 2 heterocycles. The predicted octanol–water partition coefficient (Wildman–Crippen LogP) is 6.88. The Bertz CT molecular complexity index is 1750. The van der Waals surface area contributed by atoms with E-state index in [0.29, 0.717) is 19.5 Å². The van der Waals surface area contributed by atoms with E-state index in [-0.39, 0.29) is 17.2 Å². The molecule has 9 heteroatoms. The van der Waals surface area contributed by atoms with Crippen LogP contribution in [0.1, 0.15) is 23.6 Å². The Hall–Kier alpha value is -3.53. The maximum Gasteiger partial charge on any atom is 0.278 e. The lowest BCUT2D eigenvalue weighted by Crippen LogP contribution is -2.23. The van der Waals surface area contributed by atoms with Crippen LogP contribution in [0.3, 0.4) is 0 Å². The van der Waals surface area contributed by atoms with Gasteiger partial charge in [0.2, 0.25) is 5.91 Å². The number of hydrogen-bond acceptors (Lipinski definition) is 6. The molecule has 0 aliphatic heterocycles. The number of thioether (sulfide) groups is 1. The number of fused-ring (bicyclic) bond motifs is 1. The van der Waals surface area contributed by atoms with E-state index < -0.39 is 0 Å². The highest BCUT2D eigenvalue weighted by atomic mass is 32.2. The molecule has 0 aliphatic carbocycles. The summed E-state index contributed by atoms with van der Waals surface area (Å²) in [4.78, 5) is 31.7. The van der Waals surface area contributed by atoms with Crippen LogP contribution in [0.5, 0.6) is 0 Å². The van der Waals surface area contributed by atoms with Crippen LogP contribution in [0, 0.1) is 17.8 Å². The fraction of sp³-hybridized carbons (Fsp3) is 0.172. The van der Waals surface area contributed by atoms with Gasteiger partial charge in [-0.25, -0.2) is 4.98 Å².